The third kappa shape index (κ3) is 3.00. The molecule has 1 N–H and O–H groups in total. The molecular formula is C15H18ClNO2. The minimum atomic E-state index is 0. The van der Waals surface area contributed by atoms with Crippen LogP contribution in [0.25, 0.3) is 10.8 Å². The Kier molecular flexibility index (Phi) is 4.64. The van der Waals surface area contributed by atoms with Crippen LogP contribution in [0.15, 0.2) is 36.4 Å². The van der Waals surface area contributed by atoms with Crippen LogP contribution in [0, 0.1) is 0 Å². The van der Waals surface area contributed by atoms with Crippen LogP contribution < -0.4 is 10.1 Å². The summed E-state index contributed by atoms with van der Waals surface area (Å²) >= 11 is 0. The molecular weight excluding hydrogens is 262 g/mol. The van der Waals surface area contributed by atoms with Crippen LogP contribution >= 0.6 is 12.4 Å². The number of rotatable bonds is 2. The molecule has 2 aromatic carbocycles. The van der Waals surface area contributed by atoms with Crippen molar-refractivity contribution >= 4 is 23.2 Å². The SMILES string of the molecule is COc1ccc2cc([C@H]3COCCN3)ccc2c1.Cl. The van der Waals surface area contributed by atoms with Crippen LogP contribution in [0.3, 0.4) is 0 Å². The lowest BCUT2D eigenvalue weighted by molar-refractivity contribution is 0.0769. The average Bonchev–Trinajstić information content (AvgIpc) is 2.47. The van der Waals surface area contributed by atoms with E-state index in [0.29, 0.717) is 6.04 Å². The molecule has 3 rings (SSSR count). The summed E-state index contributed by atoms with van der Waals surface area (Å²) in [6, 6.07) is 13.0. The minimum absolute atomic E-state index is 0. The van der Waals surface area contributed by atoms with E-state index in [1.165, 1.54) is 16.3 Å². The predicted octanol–water partition coefficient (Wildman–Crippen LogP) is 2.93. The molecule has 3 nitrogen and oxygen atoms in total. The van der Waals surface area contributed by atoms with Crippen LogP contribution in [0.4, 0.5) is 0 Å². The van der Waals surface area contributed by atoms with Crippen molar-refractivity contribution in [2.45, 2.75) is 6.04 Å². The third-order valence-corrected chi connectivity index (χ3v) is 3.40. The van der Waals surface area contributed by atoms with Gasteiger partial charge < -0.3 is 14.8 Å². The van der Waals surface area contributed by atoms with Crippen LogP contribution in [-0.2, 0) is 4.74 Å². The summed E-state index contributed by atoms with van der Waals surface area (Å²) in [5.74, 6) is 0.898. The van der Waals surface area contributed by atoms with E-state index in [9.17, 15) is 0 Å². The van der Waals surface area contributed by atoms with E-state index in [-0.39, 0.29) is 12.4 Å². The van der Waals surface area contributed by atoms with E-state index in [1.807, 2.05) is 6.07 Å². The first-order valence-electron chi connectivity index (χ1n) is 6.25. The van der Waals surface area contributed by atoms with Crippen molar-refractivity contribution in [3.63, 3.8) is 0 Å². The van der Waals surface area contributed by atoms with Crippen molar-refractivity contribution in [1.82, 2.24) is 5.32 Å². The van der Waals surface area contributed by atoms with Crippen LogP contribution in [0.1, 0.15) is 11.6 Å². The van der Waals surface area contributed by atoms with Gasteiger partial charge in [0.25, 0.3) is 0 Å². The Bertz CT molecular complexity index is 553. The highest BCUT2D eigenvalue weighted by molar-refractivity contribution is 5.85. The lowest BCUT2D eigenvalue weighted by atomic mass is 10.0. The molecule has 0 spiro atoms. The molecule has 1 aliphatic heterocycles. The predicted molar refractivity (Wildman–Crippen MR) is 79.3 cm³/mol. The largest absolute Gasteiger partial charge is 0.497 e. The Hall–Kier alpha value is -1.29. The number of nitrogens with one attached hydrogen (secondary N) is 1. The zero-order chi connectivity index (χ0) is 12.4. The van der Waals surface area contributed by atoms with Crippen LogP contribution in [0.5, 0.6) is 5.75 Å². The van der Waals surface area contributed by atoms with Gasteiger partial charge in [-0.25, -0.2) is 0 Å². The Labute approximate surface area is 119 Å². The number of hydrogen-bond donors (Lipinski definition) is 1. The topological polar surface area (TPSA) is 30.5 Å². The van der Waals surface area contributed by atoms with Gasteiger partial charge in [-0.05, 0) is 34.5 Å². The molecule has 1 atom stereocenters. The summed E-state index contributed by atoms with van der Waals surface area (Å²) in [5.41, 5.74) is 1.28. The molecule has 1 heterocycles. The van der Waals surface area contributed by atoms with Crippen molar-refractivity contribution in [3.8, 4) is 5.75 Å². The molecule has 1 fully saturated rings. The maximum atomic E-state index is 5.50. The van der Waals surface area contributed by atoms with Gasteiger partial charge in [0.1, 0.15) is 5.75 Å². The molecule has 0 unspecified atom stereocenters. The van der Waals surface area contributed by atoms with Gasteiger partial charge in [0.05, 0.1) is 26.4 Å². The van der Waals surface area contributed by atoms with E-state index in [1.54, 1.807) is 7.11 Å². The van der Waals surface area contributed by atoms with Crippen LogP contribution in [0.2, 0.25) is 0 Å². The molecule has 0 bridgehead atoms. The number of benzene rings is 2. The quantitative estimate of drug-likeness (QED) is 0.917. The summed E-state index contributed by atoms with van der Waals surface area (Å²) in [4.78, 5) is 0. The zero-order valence-corrected chi connectivity index (χ0v) is 11.7. The molecule has 4 heteroatoms. The lowest BCUT2D eigenvalue weighted by Gasteiger charge is -2.24. The van der Waals surface area contributed by atoms with E-state index in [2.05, 4.69) is 35.6 Å². The highest BCUT2D eigenvalue weighted by Crippen LogP contribution is 2.25. The molecule has 0 aromatic heterocycles. The highest BCUT2D eigenvalue weighted by Gasteiger charge is 2.15. The standard InChI is InChI=1S/C15H17NO2.ClH/c1-17-14-5-4-11-8-13(3-2-12(11)9-14)15-10-18-7-6-16-15;/h2-5,8-9,15-16H,6-7,10H2,1H3;1H/t15-;/m1./s1. The highest BCUT2D eigenvalue weighted by atomic mass is 35.5. The summed E-state index contributed by atoms with van der Waals surface area (Å²) in [7, 11) is 1.69. The first kappa shape index (κ1) is 14.1. The summed E-state index contributed by atoms with van der Waals surface area (Å²) in [6.07, 6.45) is 0. The number of methoxy groups -OCH3 is 1. The Morgan fingerprint density at radius 1 is 1.16 bits per heavy atom. The van der Waals surface area contributed by atoms with Gasteiger partial charge in [-0.1, -0.05) is 18.2 Å². The normalized spacial score (nSPS) is 18.9. The Balaban J connectivity index is 0.00000133. The monoisotopic (exact) mass is 279 g/mol. The molecule has 0 radical (unpaired) electrons. The number of hydrogen-bond acceptors (Lipinski definition) is 3. The second-order valence-corrected chi connectivity index (χ2v) is 4.55. The maximum absolute atomic E-state index is 5.50. The van der Waals surface area contributed by atoms with E-state index >= 15 is 0 Å². The van der Waals surface area contributed by atoms with Crippen molar-refractivity contribution < 1.29 is 9.47 Å². The number of halogens is 1. The Morgan fingerprint density at radius 3 is 2.68 bits per heavy atom. The molecule has 1 aliphatic rings. The molecule has 102 valence electrons. The molecule has 19 heavy (non-hydrogen) atoms. The average molecular weight is 280 g/mol. The van der Waals surface area contributed by atoms with Crippen molar-refractivity contribution in [2.24, 2.45) is 0 Å². The van der Waals surface area contributed by atoms with Crippen molar-refractivity contribution in [1.29, 1.82) is 0 Å². The summed E-state index contributed by atoms with van der Waals surface area (Å²) < 4.78 is 10.7. The maximum Gasteiger partial charge on any atom is 0.119 e. The van der Waals surface area contributed by atoms with Gasteiger partial charge in [0.15, 0.2) is 0 Å². The summed E-state index contributed by atoms with van der Waals surface area (Å²) in [5, 5.41) is 5.91. The first-order chi connectivity index (χ1) is 8.86. The van der Waals surface area contributed by atoms with Gasteiger partial charge in [0.2, 0.25) is 0 Å². The molecule has 0 saturated carbocycles. The van der Waals surface area contributed by atoms with Gasteiger partial charge >= 0.3 is 0 Å². The van der Waals surface area contributed by atoms with Gasteiger partial charge in [-0.15, -0.1) is 12.4 Å². The van der Waals surface area contributed by atoms with E-state index in [4.69, 9.17) is 9.47 Å². The van der Waals surface area contributed by atoms with Gasteiger partial charge in [-0.3, -0.25) is 0 Å². The second kappa shape index (κ2) is 6.24. The van der Waals surface area contributed by atoms with E-state index in [0.717, 1.165) is 25.5 Å². The van der Waals surface area contributed by atoms with E-state index < -0.39 is 0 Å². The minimum Gasteiger partial charge on any atom is -0.497 e. The third-order valence-electron chi connectivity index (χ3n) is 3.40. The van der Waals surface area contributed by atoms with Crippen LogP contribution in [-0.4, -0.2) is 26.9 Å². The number of fused-ring (bicyclic) bond motifs is 1. The summed E-state index contributed by atoms with van der Waals surface area (Å²) in [6.45, 7) is 2.48. The van der Waals surface area contributed by atoms with Crippen molar-refractivity contribution in [2.75, 3.05) is 26.9 Å². The Morgan fingerprint density at radius 2 is 1.95 bits per heavy atom. The van der Waals surface area contributed by atoms with Gasteiger partial charge in [-0.2, -0.15) is 0 Å². The molecule has 0 aliphatic carbocycles. The molecule has 2 aromatic rings. The second-order valence-electron chi connectivity index (χ2n) is 4.55. The number of ether oxygens (including phenoxy) is 2. The zero-order valence-electron chi connectivity index (χ0n) is 10.9. The van der Waals surface area contributed by atoms with Gasteiger partial charge in [0, 0.05) is 6.54 Å². The molecule has 1 saturated heterocycles. The van der Waals surface area contributed by atoms with Crippen molar-refractivity contribution in [3.05, 3.63) is 42.0 Å². The first-order valence-corrected chi connectivity index (χ1v) is 6.25. The fourth-order valence-corrected chi connectivity index (χ4v) is 2.37. The number of morpholine rings is 1. The lowest BCUT2D eigenvalue weighted by Crippen LogP contribution is -2.34. The fraction of sp³-hybridized carbons (Fsp3) is 0.333. The molecule has 0 amide bonds. The fourth-order valence-electron chi connectivity index (χ4n) is 2.37. The smallest absolute Gasteiger partial charge is 0.119 e.